The maximum absolute atomic E-state index is 12.7. The summed E-state index contributed by atoms with van der Waals surface area (Å²) in [6, 6.07) is 16.1. The van der Waals surface area contributed by atoms with Gasteiger partial charge in [-0.05, 0) is 60.9 Å². The van der Waals surface area contributed by atoms with Crippen molar-refractivity contribution < 1.29 is 9.59 Å². The number of amides is 2. The Balaban J connectivity index is 1.48. The van der Waals surface area contributed by atoms with Gasteiger partial charge < -0.3 is 5.32 Å². The highest BCUT2D eigenvalue weighted by molar-refractivity contribution is 6.04. The molecular weight excluding hydrogens is 350 g/mol. The number of nitrogens with zero attached hydrogens (tertiary/aromatic N) is 1. The molecule has 4 rings (SSSR count). The van der Waals surface area contributed by atoms with Crippen molar-refractivity contribution >= 4 is 17.5 Å². The van der Waals surface area contributed by atoms with Gasteiger partial charge in [-0.2, -0.15) is 5.10 Å². The molecule has 1 saturated heterocycles. The predicted octanol–water partition coefficient (Wildman–Crippen LogP) is 2.94. The van der Waals surface area contributed by atoms with Crippen LogP contribution in [0.1, 0.15) is 47.9 Å². The van der Waals surface area contributed by atoms with E-state index in [2.05, 4.69) is 34.0 Å². The van der Waals surface area contributed by atoms with Gasteiger partial charge in [0.25, 0.3) is 5.91 Å². The van der Waals surface area contributed by atoms with Gasteiger partial charge in [0, 0.05) is 12.5 Å². The number of hydrogen-bond donors (Lipinski definition) is 2. The lowest BCUT2D eigenvalue weighted by Crippen LogP contribution is -2.35. The van der Waals surface area contributed by atoms with Crippen molar-refractivity contribution in [3.63, 3.8) is 0 Å². The second-order valence-electron chi connectivity index (χ2n) is 7.60. The van der Waals surface area contributed by atoms with Crippen LogP contribution in [-0.4, -0.2) is 24.1 Å². The van der Waals surface area contributed by atoms with E-state index in [-0.39, 0.29) is 17.7 Å². The summed E-state index contributed by atoms with van der Waals surface area (Å²) in [4.78, 5) is 25.0. The molecule has 0 aromatic heterocycles. The number of hydrazone groups is 1. The van der Waals surface area contributed by atoms with Crippen LogP contribution in [-0.2, 0) is 22.4 Å². The van der Waals surface area contributed by atoms with Crippen molar-refractivity contribution in [1.82, 2.24) is 10.7 Å². The van der Waals surface area contributed by atoms with E-state index in [4.69, 9.17) is 0 Å². The van der Waals surface area contributed by atoms with Gasteiger partial charge in [0.1, 0.15) is 5.92 Å². The first-order chi connectivity index (χ1) is 13.6. The fourth-order valence-electron chi connectivity index (χ4n) is 4.16. The standard InChI is InChI=1S/C23H25N3O2/c1-15(18-12-11-16-7-5-6-10-19(16)13-18)25-26-23(28)21-20(14-24-22(21)27)17-8-3-2-4-9-17/h2-4,8-9,11-13,20-21H,5-7,10,14H2,1H3,(H,24,27)(H,26,28)/b25-15+/t20-,21+/m1/s1. The van der Waals surface area contributed by atoms with Crippen molar-refractivity contribution in [2.24, 2.45) is 11.0 Å². The summed E-state index contributed by atoms with van der Waals surface area (Å²) in [5.74, 6) is -1.54. The molecule has 1 aliphatic carbocycles. The van der Waals surface area contributed by atoms with Crippen LogP contribution < -0.4 is 10.7 Å². The molecule has 1 fully saturated rings. The zero-order valence-electron chi connectivity index (χ0n) is 16.1. The highest BCUT2D eigenvalue weighted by atomic mass is 16.2. The van der Waals surface area contributed by atoms with Gasteiger partial charge in [0.05, 0.1) is 5.71 Å². The van der Waals surface area contributed by atoms with Crippen molar-refractivity contribution in [2.75, 3.05) is 6.54 Å². The second-order valence-corrected chi connectivity index (χ2v) is 7.60. The number of carbonyl (C=O) groups excluding carboxylic acids is 2. The summed E-state index contributed by atoms with van der Waals surface area (Å²) in [5.41, 5.74) is 8.16. The van der Waals surface area contributed by atoms with Gasteiger partial charge in [-0.1, -0.05) is 42.5 Å². The maximum Gasteiger partial charge on any atom is 0.253 e. The first kappa shape index (κ1) is 18.4. The number of rotatable bonds is 4. The third kappa shape index (κ3) is 3.70. The third-order valence-corrected chi connectivity index (χ3v) is 5.79. The van der Waals surface area contributed by atoms with Crippen LogP contribution in [0.15, 0.2) is 53.6 Å². The minimum Gasteiger partial charge on any atom is -0.355 e. The van der Waals surface area contributed by atoms with Gasteiger partial charge in [-0.15, -0.1) is 0 Å². The molecule has 2 aromatic rings. The molecule has 0 spiro atoms. The molecule has 28 heavy (non-hydrogen) atoms. The van der Waals surface area contributed by atoms with Gasteiger partial charge in [0.15, 0.2) is 0 Å². The summed E-state index contributed by atoms with van der Waals surface area (Å²) < 4.78 is 0. The molecule has 1 aliphatic heterocycles. The van der Waals surface area contributed by atoms with E-state index in [9.17, 15) is 9.59 Å². The summed E-state index contributed by atoms with van der Waals surface area (Å²) in [6.45, 7) is 2.35. The van der Waals surface area contributed by atoms with Crippen LogP contribution >= 0.6 is 0 Å². The topological polar surface area (TPSA) is 70.6 Å². The van der Waals surface area contributed by atoms with Crippen LogP contribution in [0.2, 0.25) is 0 Å². The second kappa shape index (κ2) is 7.97. The summed E-state index contributed by atoms with van der Waals surface area (Å²) >= 11 is 0. The van der Waals surface area contributed by atoms with Crippen molar-refractivity contribution in [1.29, 1.82) is 0 Å². The zero-order valence-corrected chi connectivity index (χ0v) is 16.1. The Bertz CT molecular complexity index is 921. The molecule has 0 unspecified atom stereocenters. The number of aryl methyl sites for hydroxylation is 2. The van der Waals surface area contributed by atoms with Crippen molar-refractivity contribution in [3.05, 3.63) is 70.8 Å². The lowest BCUT2D eigenvalue weighted by atomic mass is 9.88. The maximum atomic E-state index is 12.7. The van der Waals surface area contributed by atoms with Crippen LogP contribution in [0.5, 0.6) is 0 Å². The molecule has 144 valence electrons. The molecule has 0 saturated carbocycles. The Kier molecular flexibility index (Phi) is 5.24. The normalized spacial score (nSPS) is 21.8. The van der Waals surface area contributed by atoms with Crippen molar-refractivity contribution in [3.8, 4) is 0 Å². The third-order valence-electron chi connectivity index (χ3n) is 5.79. The number of benzene rings is 2. The molecule has 1 heterocycles. The summed E-state index contributed by atoms with van der Waals surface area (Å²) in [6.07, 6.45) is 4.71. The Morgan fingerprint density at radius 3 is 2.61 bits per heavy atom. The SMILES string of the molecule is C/C(=N\NC(=O)[C@@H]1C(=O)NC[C@@H]1c1ccccc1)c1ccc2c(c1)CCCC2. The van der Waals surface area contributed by atoms with E-state index in [0.29, 0.717) is 6.54 Å². The quantitative estimate of drug-likeness (QED) is 0.490. The molecule has 2 atom stereocenters. The average Bonchev–Trinajstić information content (AvgIpc) is 3.13. The predicted molar refractivity (Wildman–Crippen MR) is 109 cm³/mol. The molecule has 2 N–H and O–H groups in total. The van der Waals surface area contributed by atoms with E-state index in [1.54, 1.807) is 0 Å². The van der Waals surface area contributed by atoms with Gasteiger partial charge in [-0.3, -0.25) is 9.59 Å². The highest BCUT2D eigenvalue weighted by Crippen LogP contribution is 2.29. The molecule has 2 aliphatic rings. The number of hydrogen-bond acceptors (Lipinski definition) is 3. The lowest BCUT2D eigenvalue weighted by molar-refractivity contribution is -0.133. The molecule has 5 nitrogen and oxygen atoms in total. The summed E-state index contributed by atoms with van der Waals surface area (Å²) in [5, 5.41) is 7.09. The first-order valence-corrected chi connectivity index (χ1v) is 9.92. The first-order valence-electron chi connectivity index (χ1n) is 9.92. The van der Waals surface area contributed by atoms with Crippen LogP contribution in [0.25, 0.3) is 0 Å². The Morgan fingerprint density at radius 1 is 1.07 bits per heavy atom. The number of fused-ring (bicyclic) bond motifs is 1. The fourth-order valence-corrected chi connectivity index (χ4v) is 4.16. The van der Waals surface area contributed by atoms with Gasteiger partial charge >= 0.3 is 0 Å². The number of carbonyl (C=O) groups is 2. The molecule has 0 bridgehead atoms. The Labute approximate surface area is 165 Å². The average molecular weight is 375 g/mol. The largest absolute Gasteiger partial charge is 0.355 e. The van der Waals surface area contributed by atoms with Gasteiger partial charge in [-0.25, -0.2) is 5.43 Å². The molecule has 5 heteroatoms. The summed E-state index contributed by atoms with van der Waals surface area (Å²) in [7, 11) is 0. The minimum atomic E-state index is -0.762. The zero-order chi connectivity index (χ0) is 19.5. The number of nitrogens with one attached hydrogen (secondary N) is 2. The van der Waals surface area contributed by atoms with Crippen LogP contribution in [0.4, 0.5) is 0 Å². The van der Waals surface area contributed by atoms with E-state index < -0.39 is 5.92 Å². The Morgan fingerprint density at radius 2 is 1.82 bits per heavy atom. The lowest BCUT2D eigenvalue weighted by Gasteiger charge is -2.17. The monoisotopic (exact) mass is 375 g/mol. The Hall–Kier alpha value is -2.95. The van der Waals surface area contributed by atoms with Crippen molar-refractivity contribution in [2.45, 2.75) is 38.5 Å². The van der Waals surface area contributed by atoms with E-state index in [0.717, 1.165) is 29.7 Å². The van der Waals surface area contributed by atoms with Crippen LogP contribution in [0.3, 0.4) is 0 Å². The minimum absolute atomic E-state index is 0.173. The molecule has 0 radical (unpaired) electrons. The fraction of sp³-hybridized carbons (Fsp3) is 0.348. The highest BCUT2D eigenvalue weighted by Gasteiger charge is 2.41. The molecule has 2 amide bonds. The smallest absolute Gasteiger partial charge is 0.253 e. The van der Waals surface area contributed by atoms with E-state index in [1.807, 2.05) is 37.3 Å². The van der Waals surface area contributed by atoms with Crippen LogP contribution in [0, 0.1) is 5.92 Å². The molecule has 2 aromatic carbocycles. The van der Waals surface area contributed by atoms with E-state index in [1.165, 1.54) is 24.0 Å². The molecular formula is C23H25N3O2. The van der Waals surface area contributed by atoms with Gasteiger partial charge in [0.2, 0.25) is 5.91 Å². The van der Waals surface area contributed by atoms with E-state index >= 15 is 0 Å².